The second-order valence-corrected chi connectivity index (χ2v) is 8.10. The van der Waals surface area contributed by atoms with Crippen LogP contribution >= 0.6 is 0 Å². The highest BCUT2D eigenvalue weighted by atomic mass is 16.1. The van der Waals surface area contributed by atoms with Crippen molar-refractivity contribution in [2.45, 2.75) is 38.6 Å². The molecule has 5 rings (SSSR count). The van der Waals surface area contributed by atoms with Gasteiger partial charge < -0.3 is 5.32 Å². The van der Waals surface area contributed by atoms with Crippen molar-refractivity contribution in [2.24, 2.45) is 0 Å². The van der Waals surface area contributed by atoms with E-state index in [0.29, 0.717) is 5.56 Å². The van der Waals surface area contributed by atoms with E-state index < -0.39 is 0 Å². The number of likely N-dealkylation sites (tertiary alicyclic amines) is 1. The van der Waals surface area contributed by atoms with Crippen molar-refractivity contribution >= 4 is 22.4 Å². The summed E-state index contributed by atoms with van der Waals surface area (Å²) in [7, 11) is 0. The summed E-state index contributed by atoms with van der Waals surface area (Å²) >= 11 is 0. The minimum Gasteiger partial charge on any atom is -0.321 e. The molecule has 1 fully saturated rings. The highest BCUT2D eigenvalue weighted by molar-refractivity contribution is 6.10. The normalized spacial score (nSPS) is 16.4. The number of nitrogens with one attached hydrogen (secondary N) is 1. The van der Waals surface area contributed by atoms with Crippen molar-refractivity contribution in [3.8, 4) is 0 Å². The van der Waals surface area contributed by atoms with Gasteiger partial charge in [0.2, 0.25) is 0 Å². The third kappa shape index (κ3) is 3.31. The van der Waals surface area contributed by atoms with E-state index in [0.717, 1.165) is 30.5 Å². The van der Waals surface area contributed by atoms with E-state index in [2.05, 4.69) is 52.7 Å². The predicted molar refractivity (Wildman–Crippen MR) is 115 cm³/mol. The van der Waals surface area contributed by atoms with E-state index in [4.69, 9.17) is 0 Å². The molecule has 142 valence electrons. The first-order valence-corrected chi connectivity index (χ1v) is 10.4. The minimum absolute atomic E-state index is 0.0387. The molecule has 2 aliphatic rings. The Kier molecular flexibility index (Phi) is 4.61. The standard InChI is InChI=1S/C25H26N2O/c28-25(21-9-7-18(8-10-21)17-27-15-2-1-3-16-27)26-23-14-13-20-12-11-19-5-4-6-22(23)24(19)20/h4-10,13-14H,1-3,11-12,15-17H2,(H,26,28). The number of carbonyl (C=O) groups excluding carboxylic acids is 1. The lowest BCUT2D eigenvalue weighted by Crippen LogP contribution is -2.29. The van der Waals surface area contributed by atoms with Crippen molar-refractivity contribution in [2.75, 3.05) is 18.4 Å². The van der Waals surface area contributed by atoms with Crippen LogP contribution in [0.5, 0.6) is 0 Å². The number of hydrogen-bond acceptors (Lipinski definition) is 2. The molecule has 3 aromatic rings. The van der Waals surface area contributed by atoms with E-state index in [1.807, 2.05) is 12.1 Å². The Bertz CT molecular complexity index is 1010. The molecule has 3 aromatic carbocycles. The zero-order valence-electron chi connectivity index (χ0n) is 16.2. The van der Waals surface area contributed by atoms with Crippen LogP contribution < -0.4 is 5.32 Å². The number of amides is 1. The highest BCUT2D eigenvalue weighted by Crippen LogP contribution is 2.35. The van der Waals surface area contributed by atoms with Gasteiger partial charge in [-0.25, -0.2) is 0 Å². The summed E-state index contributed by atoms with van der Waals surface area (Å²) in [5.74, 6) is -0.0387. The van der Waals surface area contributed by atoms with E-state index in [1.165, 1.54) is 54.4 Å². The van der Waals surface area contributed by atoms with Gasteiger partial charge in [0.15, 0.2) is 0 Å². The van der Waals surface area contributed by atoms with Gasteiger partial charge in [-0.05, 0) is 79.0 Å². The van der Waals surface area contributed by atoms with E-state index in [-0.39, 0.29) is 5.91 Å². The number of carbonyl (C=O) groups is 1. The molecule has 0 bridgehead atoms. The van der Waals surface area contributed by atoms with Crippen molar-refractivity contribution in [1.29, 1.82) is 0 Å². The van der Waals surface area contributed by atoms with E-state index >= 15 is 0 Å². The maximum atomic E-state index is 12.8. The third-order valence-electron chi connectivity index (χ3n) is 6.20. The fraction of sp³-hybridized carbons (Fsp3) is 0.320. The quantitative estimate of drug-likeness (QED) is 0.686. The zero-order chi connectivity index (χ0) is 18.9. The molecular formula is C25H26N2O. The Labute approximate surface area is 166 Å². The lowest BCUT2D eigenvalue weighted by molar-refractivity contribution is 0.102. The molecule has 1 heterocycles. The summed E-state index contributed by atoms with van der Waals surface area (Å²) in [5.41, 5.74) is 5.69. The summed E-state index contributed by atoms with van der Waals surface area (Å²) in [6, 6.07) is 18.7. The van der Waals surface area contributed by atoms with Crippen LogP contribution in [-0.2, 0) is 19.4 Å². The lowest BCUT2D eigenvalue weighted by Gasteiger charge is -2.26. The van der Waals surface area contributed by atoms with Gasteiger partial charge in [-0.15, -0.1) is 0 Å². The summed E-state index contributed by atoms with van der Waals surface area (Å²) in [5, 5.41) is 5.62. The summed E-state index contributed by atoms with van der Waals surface area (Å²) < 4.78 is 0. The van der Waals surface area contributed by atoms with Crippen molar-refractivity contribution in [1.82, 2.24) is 4.90 Å². The molecule has 28 heavy (non-hydrogen) atoms. The third-order valence-corrected chi connectivity index (χ3v) is 6.20. The average molecular weight is 370 g/mol. The summed E-state index contributed by atoms with van der Waals surface area (Å²) in [6.45, 7) is 3.36. The van der Waals surface area contributed by atoms with Gasteiger partial charge >= 0.3 is 0 Å². The molecule has 1 amide bonds. The molecule has 1 aliphatic heterocycles. The maximum Gasteiger partial charge on any atom is 0.255 e. The Morgan fingerprint density at radius 2 is 1.61 bits per heavy atom. The van der Waals surface area contributed by atoms with Crippen LogP contribution in [0, 0.1) is 0 Å². The first-order chi connectivity index (χ1) is 13.8. The SMILES string of the molecule is O=C(Nc1ccc2c3c(cccc13)CC2)c1ccc(CN2CCCCC2)cc1. The lowest BCUT2D eigenvalue weighted by atomic mass is 10.0. The summed E-state index contributed by atoms with van der Waals surface area (Å²) in [4.78, 5) is 15.3. The van der Waals surface area contributed by atoms with E-state index in [1.54, 1.807) is 0 Å². The Morgan fingerprint density at radius 1 is 0.857 bits per heavy atom. The van der Waals surface area contributed by atoms with Gasteiger partial charge in [-0.2, -0.15) is 0 Å². The Hall–Kier alpha value is -2.65. The predicted octanol–water partition coefficient (Wildman–Crippen LogP) is 5.18. The largest absolute Gasteiger partial charge is 0.321 e. The van der Waals surface area contributed by atoms with Crippen LogP contribution in [-0.4, -0.2) is 23.9 Å². The van der Waals surface area contributed by atoms with Gasteiger partial charge in [0.25, 0.3) is 5.91 Å². The van der Waals surface area contributed by atoms with Crippen molar-refractivity contribution < 1.29 is 4.79 Å². The first-order valence-electron chi connectivity index (χ1n) is 10.4. The number of benzene rings is 3. The monoisotopic (exact) mass is 370 g/mol. The van der Waals surface area contributed by atoms with Crippen LogP contribution in [0.4, 0.5) is 5.69 Å². The number of piperidine rings is 1. The molecule has 3 nitrogen and oxygen atoms in total. The number of hydrogen-bond donors (Lipinski definition) is 1. The minimum atomic E-state index is -0.0387. The summed E-state index contributed by atoms with van der Waals surface area (Å²) in [6.07, 6.45) is 6.15. The molecule has 1 N–H and O–H groups in total. The van der Waals surface area contributed by atoms with Crippen LogP contribution in [0.3, 0.4) is 0 Å². The fourth-order valence-corrected chi connectivity index (χ4v) is 4.69. The second kappa shape index (κ2) is 7.40. The van der Waals surface area contributed by atoms with Crippen LogP contribution in [0.15, 0.2) is 54.6 Å². The van der Waals surface area contributed by atoms with E-state index in [9.17, 15) is 4.79 Å². The maximum absolute atomic E-state index is 12.8. The molecule has 0 unspecified atom stereocenters. The number of rotatable bonds is 4. The number of aryl methyl sites for hydroxylation is 2. The molecular weight excluding hydrogens is 344 g/mol. The van der Waals surface area contributed by atoms with Gasteiger partial charge in [-0.1, -0.05) is 42.8 Å². The van der Waals surface area contributed by atoms with Gasteiger partial charge in [-0.3, -0.25) is 9.69 Å². The smallest absolute Gasteiger partial charge is 0.255 e. The number of nitrogens with zero attached hydrogens (tertiary/aromatic N) is 1. The number of anilines is 1. The van der Waals surface area contributed by atoms with Gasteiger partial charge in [0.1, 0.15) is 0 Å². The highest BCUT2D eigenvalue weighted by Gasteiger charge is 2.17. The van der Waals surface area contributed by atoms with Crippen LogP contribution in [0.2, 0.25) is 0 Å². The van der Waals surface area contributed by atoms with Crippen LogP contribution in [0.25, 0.3) is 10.8 Å². The van der Waals surface area contributed by atoms with Gasteiger partial charge in [0, 0.05) is 23.2 Å². The average Bonchev–Trinajstić information content (AvgIpc) is 3.16. The Balaban J connectivity index is 1.33. The van der Waals surface area contributed by atoms with Crippen LogP contribution in [0.1, 0.15) is 46.3 Å². The molecule has 1 aliphatic carbocycles. The second-order valence-electron chi connectivity index (χ2n) is 8.10. The molecule has 0 saturated carbocycles. The molecule has 0 atom stereocenters. The molecule has 0 spiro atoms. The topological polar surface area (TPSA) is 32.3 Å². The fourth-order valence-electron chi connectivity index (χ4n) is 4.69. The molecule has 0 aromatic heterocycles. The molecule has 1 saturated heterocycles. The molecule has 3 heteroatoms. The first kappa shape index (κ1) is 17.4. The van der Waals surface area contributed by atoms with Gasteiger partial charge in [0.05, 0.1) is 0 Å². The Morgan fingerprint density at radius 3 is 2.39 bits per heavy atom. The van der Waals surface area contributed by atoms with Crippen molar-refractivity contribution in [3.05, 3.63) is 76.9 Å². The van der Waals surface area contributed by atoms with Crippen molar-refractivity contribution in [3.63, 3.8) is 0 Å². The zero-order valence-corrected chi connectivity index (χ0v) is 16.2. The molecule has 0 radical (unpaired) electrons.